The molecule has 2 aromatic carbocycles. The topological polar surface area (TPSA) is 217 Å². The van der Waals surface area contributed by atoms with Gasteiger partial charge in [0.25, 0.3) is 0 Å². The van der Waals surface area contributed by atoms with E-state index < -0.39 is 58.0 Å². The number of hydrogen-bond acceptors (Lipinski definition) is 19. The van der Waals surface area contributed by atoms with Crippen molar-refractivity contribution in [3.8, 4) is 11.5 Å². The van der Waals surface area contributed by atoms with Crippen LogP contribution < -0.4 is 9.47 Å². The Morgan fingerprint density at radius 2 is 0.837 bits per heavy atom. The van der Waals surface area contributed by atoms with Crippen LogP contribution in [0.4, 0.5) is 0 Å². The summed E-state index contributed by atoms with van der Waals surface area (Å²) in [7, 11) is 0. The summed E-state index contributed by atoms with van der Waals surface area (Å²) in [5.41, 5.74) is 0. The van der Waals surface area contributed by atoms with Gasteiger partial charge in [0.2, 0.25) is 11.8 Å². The van der Waals surface area contributed by atoms with E-state index in [1.165, 1.54) is 45.5 Å². The molecule has 2 heterocycles. The van der Waals surface area contributed by atoms with Gasteiger partial charge in [-0.25, -0.2) is 9.59 Å². The summed E-state index contributed by atoms with van der Waals surface area (Å²) in [6.07, 6.45) is 19.3. The first-order valence-corrected chi connectivity index (χ1v) is 33.6. The predicted molar refractivity (Wildman–Crippen MR) is 328 cm³/mol. The molecule has 4 aliphatic carbocycles. The number of carbonyl (C=O) groups is 8. The monoisotopic (exact) mass is 1250 g/mol. The third-order valence-corrected chi connectivity index (χ3v) is 20.9. The van der Waals surface area contributed by atoms with Gasteiger partial charge in [0.05, 0.1) is 63.5 Å². The van der Waals surface area contributed by atoms with Crippen molar-refractivity contribution in [1.82, 2.24) is 9.80 Å². The van der Waals surface area contributed by atoms with Crippen LogP contribution in [0.5, 0.6) is 11.5 Å². The minimum Gasteiger partial charge on any atom is -0.463 e. The minimum atomic E-state index is -1.15. The van der Waals surface area contributed by atoms with Gasteiger partial charge in [-0.15, -0.1) is 23.5 Å². The van der Waals surface area contributed by atoms with Crippen molar-refractivity contribution in [3.05, 3.63) is 49.6 Å². The lowest BCUT2D eigenvalue weighted by molar-refractivity contribution is -0.160. The third-order valence-electron chi connectivity index (χ3n) is 17.5. The van der Waals surface area contributed by atoms with E-state index in [4.69, 9.17) is 50.1 Å². The highest BCUT2D eigenvalue weighted by Gasteiger charge is 2.51. The quantitative estimate of drug-likeness (QED) is 0.0141. The van der Waals surface area contributed by atoms with Crippen LogP contribution >= 0.6 is 35.7 Å². The molecule has 0 spiro atoms. The molecular formula is C65H86N2O16S3. The van der Waals surface area contributed by atoms with Gasteiger partial charge in [0, 0.05) is 49.2 Å². The number of unbranched alkanes of at least 4 members (excludes halogenated alkanes) is 6. The molecule has 6 aliphatic rings. The zero-order chi connectivity index (χ0) is 61.1. The molecule has 5 fully saturated rings. The Bertz CT molecular complexity index is 2560. The van der Waals surface area contributed by atoms with Crippen LogP contribution in [0.25, 0.3) is 10.8 Å². The number of ether oxygens (including phenoxy) is 8. The highest BCUT2D eigenvalue weighted by molar-refractivity contribution is 8.19. The van der Waals surface area contributed by atoms with Gasteiger partial charge in [0.15, 0.2) is 16.6 Å². The normalized spacial score (nSPS) is 25.2. The fourth-order valence-electron chi connectivity index (χ4n) is 12.5. The van der Waals surface area contributed by atoms with Gasteiger partial charge in [-0.2, -0.15) is 0 Å². The van der Waals surface area contributed by atoms with Gasteiger partial charge >= 0.3 is 35.8 Å². The second-order valence-corrected chi connectivity index (χ2v) is 26.3. The van der Waals surface area contributed by atoms with Crippen LogP contribution in [-0.4, -0.2) is 131 Å². The van der Waals surface area contributed by atoms with E-state index in [0.29, 0.717) is 98.4 Å². The number of fused-ring (bicyclic) bond motifs is 2. The maximum Gasteiger partial charge on any atom is 0.330 e. The molecule has 2 aliphatic heterocycles. The number of esters is 6. The first-order valence-electron chi connectivity index (χ1n) is 31.5. The van der Waals surface area contributed by atoms with Gasteiger partial charge in [-0.3, -0.25) is 38.6 Å². The van der Waals surface area contributed by atoms with Crippen molar-refractivity contribution in [2.75, 3.05) is 39.5 Å². The Kier molecular flexibility index (Phi) is 25.8. The Morgan fingerprint density at radius 3 is 1.19 bits per heavy atom. The van der Waals surface area contributed by atoms with Crippen LogP contribution in [0.3, 0.4) is 0 Å². The van der Waals surface area contributed by atoms with E-state index in [9.17, 15) is 38.4 Å². The molecule has 0 unspecified atom stereocenters. The summed E-state index contributed by atoms with van der Waals surface area (Å²) < 4.78 is 46.6. The molecule has 0 N–H and O–H groups in total. The first kappa shape index (κ1) is 66.6. The molecule has 21 heteroatoms. The summed E-state index contributed by atoms with van der Waals surface area (Å²) in [4.78, 5) is 111. The molecule has 18 nitrogen and oxygen atoms in total. The van der Waals surface area contributed by atoms with E-state index >= 15 is 0 Å². The predicted octanol–water partition coefficient (Wildman–Crippen LogP) is 11.7. The minimum absolute atomic E-state index is 0.130. The molecule has 0 radical (unpaired) electrons. The number of carbonyl (C=O) groups excluding carboxylic acids is 8. The Morgan fingerprint density at radius 1 is 0.500 bits per heavy atom. The fraction of sp³-hybridized carbons (Fsp3) is 0.646. The number of thioether (sulfide) groups is 2. The van der Waals surface area contributed by atoms with Crippen molar-refractivity contribution in [3.63, 3.8) is 0 Å². The molecule has 4 saturated carbocycles. The summed E-state index contributed by atoms with van der Waals surface area (Å²) in [6.45, 7) is 13.1. The second-order valence-electron chi connectivity index (χ2n) is 23.3. The number of benzene rings is 2. The van der Waals surface area contributed by atoms with E-state index in [1.807, 2.05) is 12.1 Å². The molecule has 2 aromatic rings. The zero-order valence-electron chi connectivity index (χ0n) is 50.0. The SMILES string of the molecule is C=CC(=O)OCCCCCCOC1CCC(OC(=O)C2CCC(C(=O)Oc3c4c(c(OC(=O)C5CCC(C(=O)OC6CCC(OCCCCCCOC(=O)C=C)CC6)CC5)c5ccccc35)SC(C3C(=O)N(CC)C(=S)N(CC)C3=O)S4)CC2)CC1. The Labute approximate surface area is 519 Å². The molecule has 470 valence electrons. The summed E-state index contributed by atoms with van der Waals surface area (Å²) in [5.74, 6) is -5.39. The summed E-state index contributed by atoms with van der Waals surface area (Å²) in [5, 5.41) is 1.19. The lowest BCUT2D eigenvalue weighted by Crippen LogP contribution is -2.61. The number of nitrogens with zero attached hydrogens (tertiary/aromatic N) is 2. The third kappa shape index (κ3) is 17.7. The van der Waals surface area contributed by atoms with Crippen LogP contribution in [0, 0.1) is 29.6 Å². The highest BCUT2D eigenvalue weighted by Crippen LogP contribution is 2.61. The van der Waals surface area contributed by atoms with Gasteiger partial charge in [-0.05, 0) is 167 Å². The molecular weight excluding hydrogens is 1160 g/mol. The molecule has 0 aromatic heterocycles. The molecule has 2 amide bonds. The summed E-state index contributed by atoms with van der Waals surface area (Å²) in [6, 6.07) is 7.23. The van der Waals surface area contributed by atoms with Crippen LogP contribution in [0.1, 0.15) is 168 Å². The molecule has 8 rings (SSSR count). The highest BCUT2D eigenvalue weighted by atomic mass is 32.2. The average molecular weight is 1250 g/mol. The van der Waals surface area contributed by atoms with Crippen molar-refractivity contribution >= 4 is 99.3 Å². The van der Waals surface area contributed by atoms with Gasteiger partial charge in [0.1, 0.15) is 18.1 Å². The smallest absolute Gasteiger partial charge is 0.330 e. The standard InChI is InChI=1S/C65H86N2O16S3/c1-5-51(68)78-39-17-11-9-15-37-76-45-29-33-47(34-30-45)80-60(72)41-21-25-43(26-22-41)62(74)82-54-49-19-13-14-20-50(49)55(57-56(54)85-64(86-57)53-58(70)66(7-3)65(84)67(8-4)59(53)71)83-63(75)44-27-23-42(24-28-44)61(73)81-48-35-31-46(32-36-48)77-38-16-10-12-18-40-79-52(69)6-2/h5-6,13-14,19-20,41-48,53,64H,1-2,7-12,15-18,21-40H2,3-4H3. The van der Waals surface area contributed by atoms with Gasteiger partial charge < -0.3 is 37.9 Å². The maximum atomic E-state index is 14.4. The van der Waals surface area contributed by atoms with Crippen molar-refractivity contribution in [2.45, 2.75) is 207 Å². The van der Waals surface area contributed by atoms with Crippen molar-refractivity contribution in [2.24, 2.45) is 29.6 Å². The Balaban J connectivity index is 0.851. The molecule has 0 bridgehead atoms. The van der Waals surface area contributed by atoms with Gasteiger partial charge in [-0.1, -0.05) is 50.3 Å². The number of amides is 2. The van der Waals surface area contributed by atoms with Crippen LogP contribution in [0.2, 0.25) is 0 Å². The van der Waals surface area contributed by atoms with E-state index in [-0.39, 0.29) is 77.9 Å². The lowest BCUT2D eigenvalue weighted by atomic mass is 9.82. The Hall–Kier alpha value is -5.35. The largest absolute Gasteiger partial charge is 0.463 e. The van der Waals surface area contributed by atoms with Crippen LogP contribution in [-0.2, 0) is 66.8 Å². The van der Waals surface area contributed by atoms with Crippen LogP contribution in [0.15, 0.2) is 59.4 Å². The van der Waals surface area contributed by atoms with E-state index in [2.05, 4.69) is 13.2 Å². The van der Waals surface area contributed by atoms with Crippen molar-refractivity contribution < 1.29 is 76.3 Å². The summed E-state index contributed by atoms with van der Waals surface area (Å²) >= 11 is 8.09. The molecule has 1 saturated heterocycles. The fourth-order valence-corrected chi connectivity index (χ4v) is 16.1. The van der Waals surface area contributed by atoms with Crippen molar-refractivity contribution in [1.29, 1.82) is 0 Å². The molecule has 86 heavy (non-hydrogen) atoms. The maximum absolute atomic E-state index is 14.4. The molecule has 0 atom stereocenters. The average Bonchev–Trinajstić information content (AvgIpc) is 1.58. The van der Waals surface area contributed by atoms with E-state index in [1.54, 1.807) is 26.0 Å². The second kappa shape index (κ2) is 33.3. The zero-order valence-corrected chi connectivity index (χ0v) is 52.5. The van der Waals surface area contributed by atoms with E-state index in [0.717, 1.165) is 103 Å². The lowest BCUT2D eigenvalue weighted by Gasteiger charge is -2.39. The first-order chi connectivity index (χ1) is 41.7. The number of hydrogen-bond donors (Lipinski definition) is 0. The number of thiocarbonyl (C=S) groups is 1. The number of rotatable bonds is 29.